The van der Waals surface area contributed by atoms with Gasteiger partial charge in [-0.25, -0.2) is 9.78 Å². The van der Waals surface area contributed by atoms with Crippen LogP contribution in [-0.2, 0) is 4.74 Å². The van der Waals surface area contributed by atoms with Crippen LogP contribution in [0.2, 0.25) is 0 Å². The average Bonchev–Trinajstić information content (AvgIpc) is 2.37. The van der Waals surface area contributed by atoms with Gasteiger partial charge in [-0.2, -0.15) is 11.8 Å². The third kappa shape index (κ3) is 6.29. The number of anilines is 2. The number of nitrogens with one attached hydrogen (secondary N) is 2. The molecule has 1 aromatic heterocycles. The third-order valence-electron chi connectivity index (χ3n) is 3.37. The molecule has 0 spiro atoms. The average molecular weight is 337 g/mol. The van der Waals surface area contributed by atoms with Crippen LogP contribution in [-0.4, -0.2) is 34.2 Å². The first-order valence-electron chi connectivity index (χ1n) is 7.93. The standard InChI is InChI=1S/C17H27N3O2S/c1-16(2,3)22-15(21)20-14-7-6-12(9-18-14)19-13-8-17(4,5)11-23-10-13/h6-7,9,13,19H,8,10-11H2,1-5H3,(H,18,20,21). The van der Waals surface area contributed by atoms with Crippen LogP contribution < -0.4 is 10.6 Å². The van der Waals surface area contributed by atoms with Crippen molar-refractivity contribution in [3.8, 4) is 0 Å². The Hall–Kier alpha value is -1.43. The summed E-state index contributed by atoms with van der Waals surface area (Å²) in [5, 5.41) is 6.17. The Morgan fingerprint density at radius 3 is 2.70 bits per heavy atom. The van der Waals surface area contributed by atoms with Crippen molar-refractivity contribution in [2.45, 2.75) is 52.7 Å². The molecule has 1 aliphatic heterocycles. The fourth-order valence-electron chi connectivity index (χ4n) is 2.55. The maximum atomic E-state index is 11.7. The summed E-state index contributed by atoms with van der Waals surface area (Å²) in [6.07, 6.45) is 2.41. The van der Waals surface area contributed by atoms with Crippen molar-refractivity contribution in [3.63, 3.8) is 0 Å². The molecule has 1 saturated heterocycles. The Kier molecular flexibility index (Phi) is 5.45. The molecular weight excluding hydrogens is 310 g/mol. The van der Waals surface area contributed by atoms with Gasteiger partial charge in [0.25, 0.3) is 0 Å². The molecule has 2 N–H and O–H groups in total. The molecule has 2 heterocycles. The first kappa shape index (κ1) is 17.9. The van der Waals surface area contributed by atoms with E-state index < -0.39 is 11.7 Å². The van der Waals surface area contributed by atoms with E-state index in [1.54, 1.807) is 12.3 Å². The van der Waals surface area contributed by atoms with E-state index in [0.717, 1.165) is 17.9 Å². The van der Waals surface area contributed by atoms with Crippen molar-refractivity contribution < 1.29 is 9.53 Å². The zero-order valence-electron chi connectivity index (χ0n) is 14.6. The smallest absolute Gasteiger partial charge is 0.413 e. The number of thioether (sulfide) groups is 1. The van der Waals surface area contributed by atoms with E-state index in [1.165, 1.54) is 5.75 Å². The van der Waals surface area contributed by atoms with Crippen LogP contribution in [0.4, 0.5) is 16.3 Å². The topological polar surface area (TPSA) is 63.2 Å². The number of ether oxygens (including phenoxy) is 1. The van der Waals surface area contributed by atoms with Gasteiger partial charge in [-0.3, -0.25) is 5.32 Å². The third-order valence-corrected chi connectivity index (χ3v) is 5.00. The number of hydrogen-bond acceptors (Lipinski definition) is 5. The number of aromatic nitrogens is 1. The molecule has 0 aliphatic carbocycles. The minimum Gasteiger partial charge on any atom is -0.444 e. The lowest BCUT2D eigenvalue weighted by Gasteiger charge is -2.35. The van der Waals surface area contributed by atoms with Gasteiger partial charge in [-0.1, -0.05) is 13.8 Å². The van der Waals surface area contributed by atoms with Crippen molar-refractivity contribution in [1.29, 1.82) is 0 Å². The molecule has 0 radical (unpaired) electrons. The molecule has 1 aromatic rings. The Morgan fingerprint density at radius 1 is 1.39 bits per heavy atom. The SMILES string of the molecule is CC1(C)CSCC(Nc2ccc(NC(=O)OC(C)(C)C)nc2)C1. The summed E-state index contributed by atoms with van der Waals surface area (Å²) in [5.41, 5.74) is 0.825. The summed E-state index contributed by atoms with van der Waals surface area (Å²) in [6, 6.07) is 4.18. The van der Waals surface area contributed by atoms with Crippen LogP contribution in [0.1, 0.15) is 41.0 Å². The Labute approximate surface area is 143 Å². The highest BCUT2D eigenvalue weighted by Crippen LogP contribution is 2.34. The van der Waals surface area contributed by atoms with Gasteiger partial charge in [0, 0.05) is 11.8 Å². The van der Waals surface area contributed by atoms with Gasteiger partial charge in [-0.15, -0.1) is 0 Å². The minimum absolute atomic E-state index is 0.367. The van der Waals surface area contributed by atoms with E-state index in [2.05, 4.69) is 29.5 Å². The highest BCUT2D eigenvalue weighted by Gasteiger charge is 2.28. The number of pyridine rings is 1. The minimum atomic E-state index is -0.517. The van der Waals surface area contributed by atoms with Crippen LogP contribution in [0, 0.1) is 5.41 Å². The Morgan fingerprint density at radius 2 is 2.13 bits per heavy atom. The van der Waals surface area contributed by atoms with Gasteiger partial charge in [0.15, 0.2) is 0 Å². The number of nitrogens with zero attached hydrogens (tertiary/aromatic N) is 1. The second-order valence-electron chi connectivity index (χ2n) is 7.78. The maximum absolute atomic E-state index is 11.7. The van der Waals surface area contributed by atoms with Gasteiger partial charge in [0.1, 0.15) is 11.4 Å². The van der Waals surface area contributed by atoms with Crippen LogP contribution in [0.25, 0.3) is 0 Å². The molecule has 0 bridgehead atoms. The summed E-state index contributed by atoms with van der Waals surface area (Å²) in [4.78, 5) is 16.0. The second kappa shape index (κ2) is 6.99. The van der Waals surface area contributed by atoms with Crippen molar-refractivity contribution in [3.05, 3.63) is 18.3 Å². The molecule has 6 heteroatoms. The number of hydrogen-bond donors (Lipinski definition) is 2. The van der Waals surface area contributed by atoms with Crippen molar-refractivity contribution in [2.24, 2.45) is 5.41 Å². The summed E-state index contributed by atoms with van der Waals surface area (Å²) >= 11 is 1.99. The molecule has 0 saturated carbocycles. The van der Waals surface area contributed by atoms with Crippen LogP contribution in [0.15, 0.2) is 18.3 Å². The molecular formula is C17H27N3O2S. The quantitative estimate of drug-likeness (QED) is 0.857. The normalized spacial score (nSPS) is 20.7. The summed E-state index contributed by atoms with van der Waals surface area (Å²) in [7, 11) is 0. The Balaban J connectivity index is 1.88. The van der Waals surface area contributed by atoms with E-state index in [4.69, 9.17) is 4.74 Å². The Bertz CT molecular complexity index is 538. The number of carbonyl (C=O) groups is 1. The number of amides is 1. The monoisotopic (exact) mass is 337 g/mol. The summed E-state index contributed by atoms with van der Waals surface area (Å²) in [5.74, 6) is 2.81. The van der Waals surface area contributed by atoms with Gasteiger partial charge in [-0.05, 0) is 50.5 Å². The molecule has 128 valence electrons. The fraction of sp³-hybridized carbons (Fsp3) is 0.647. The molecule has 1 atom stereocenters. The largest absolute Gasteiger partial charge is 0.444 e. The first-order valence-corrected chi connectivity index (χ1v) is 9.09. The molecule has 23 heavy (non-hydrogen) atoms. The second-order valence-corrected chi connectivity index (χ2v) is 8.81. The molecule has 1 amide bonds. The first-order chi connectivity index (χ1) is 10.6. The molecule has 1 unspecified atom stereocenters. The van der Waals surface area contributed by atoms with Gasteiger partial charge in [0.2, 0.25) is 0 Å². The molecule has 0 aromatic carbocycles. The molecule has 5 nitrogen and oxygen atoms in total. The lowest BCUT2D eigenvalue weighted by Crippen LogP contribution is -2.35. The van der Waals surface area contributed by atoms with Gasteiger partial charge >= 0.3 is 6.09 Å². The van der Waals surface area contributed by atoms with E-state index in [9.17, 15) is 4.79 Å². The lowest BCUT2D eigenvalue weighted by molar-refractivity contribution is 0.0635. The van der Waals surface area contributed by atoms with Crippen molar-refractivity contribution in [2.75, 3.05) is 22.1 Å². The van der Waals surface area contributed by atoms with Gasteiger partial charge in [0.05, 0.1) is 11.9 Å². The molecule has 1 aliphatic rings. The maximum Gasteiger partial charge on any atom is 0.413 e. The van der Waals surface area contributed by atoms with E-state index in [-0.39, 0.29) is 0 Å². The fourth-order valence-corrected chi connectivity index (χ4v) is 3.83. The van der Waals surface area contributed by atoms with Crippen LogP contribution >= 0.6 is 11.8 Å². The van der Waals surface area contributed by atoms with E-state index >= 15 is 0 Å². The lowest BCUT2D eigenvalue weighted by atomic mass is 9.88. The van der Waals surface area contributed by atoms with E-state index in [0.29, 0.717) is 17.3 Å². The number of carbonyl (C=O) groups excluding carboxylic acids is 1. The number of rotatable bonds is 3. The zero-order valence-corrected chi connectivity index (χ0v) is 15.4. The highest BCUT2D eigenvalue weighted by molar-refractivity contribution is 7.99. The van der Waals surface area contributed by atoms with Crippen LogP contribution in [0.3, 0.4) is 0 Å². The van der Waals surface area contributed by atoms with Crippen molar-refractivity contribution in [1.82, 2.24) is 4.98 Å². The molecule has 2 rings (SSSR count). The predicted octanol–water partition coefficient (Wildman–Crippen LogP) is 4.37. The van der Waals surface area contributed by atoms with Crippen LogP contribution in [0.5, 0.6) is 0 Å². The van der Waals surface area contributed by atoms with Gasteiger partial charge < -0.3 is 10.1 Å². The predicted molar refractivity (Wildman–Crippen MR) is 97.2 cm³/mol. The molecule has 1 fully saturated rings. The van der Waals surface area contributed by atoms with E-state index in [1.807, 2.05) is 38.6 Å². The summed E-state index contributed by atoms with van der Waals surface area (Å²) in [6.45, 7) is 10.1. The highest BCUT2D eigenvalue weighted by atomic mass is 32.2. The summed E-state index contributed by atoms with van der Waals surface area (Å²) < 4.78 is 5.21. The van der Waals surface area contributed by atoms with Crippen molar-refractivity contribution >= 4 is 29.4 Å². The zero-order chi connectivity index (χ0) is 17.1.